The lowest BCUT2D eigenvalue weighted by atomic mass is 10.1. The molecule has 0 heterocycles. The van der Waals surface area contributed by atoms with E-state index >= 15 is 0 Å². The summed E-state index contributed by atoms with van der Waals surface area (Å²) in [5, 5.41) is 12.9. The van der Waals surface area contributed by atoms with Crippen molar-refractivity contribution in [3.05, 3.63) is 69.9 Å². The molecule has 0 fully saturated rings. The Kier molecular flexibility index (Phi) is 5.23. The second-order valence-corrected chi connectivity index (χ2v) is 5.28. The highest BCUT2D eigenvalue weighted by Gasteiger charge is 2.13. The van der Waals surface area contributed by atoms with Crippen LogP contribution in [0.2, 0.25) is 5.02 Å². The summed E-state index contributed by atoms with van der Waals surface area (Å²) >= 11 is 6.13. The van der Waals surface area contributed by atoms with Crippen LogP contribution in [-0.2, 0) is 6.42 Å². The SMILES string of the molecule is COc1ccccc1/C=[N+](/[O-])C(C)Cc1ccccc1Cl. The van der Waals surface area contributed by atoms with Crippen molar-refractivity contribution in [1.29, 1.82) is 0 Å². The molecule has 0 bridgehead atoms. The van der Waals surface area contributed by atoms with Gasteiger partial charge in [0.1, 0.15) is 5.75 Å². The number of hydroxylamine groups is 1. The van der Waals surface area contributed by atoms with Crippen molar-refractivity contribution in [1.82, 2.24) is 0 Å². The minimum absolute atomic E-state index is 0.213. The molecule has 0 aliphatic heterocycles. The van der Waals surface area contributed by atoms with Crippen LogP contribution in [0, 0.1) is 5.21 Å². The van der Waals surface area contributed by atoms with E-state index < -0.39 is 0 Å². The number of benzene rings is 2. The summed E-state index contributed by atoms with van der Waals surface area (Å²) in [4.78, 5) is 0. The van der Waals surface area contributed by atoms with Crippen molar-refractivity contribution in [2.24, 2.45) is 0 Å². The van der Waals surface area contributed by atoms with Crippen molar-refractivity contribution >= 4 is 17.8 Å². The summed E-state index contributed by atoms with van der Waals surface area (Å²) < 4.78 is 6.19. The topological polar surface area (TPSA) is 35.3 Å². The van der Waals surface area contributed by atoms with Crippen LogP contribution in [0.15, 0.2) is 48.5 Å². The molecular formula is C17H18ClNO2. The third kappa shape index (κ3) is 3.99. The molecule has 2 aromatic carbocycles. The highest BCUT2D eigenvalue weighted by Crippen LogP contribution is 2.18. The molecule has 0 N–H and O–H groups in total. The molecule has 1 atom stereocenters. The number of halogens is 1. The predicted molar refractivity (Wildman–Crippen MR) is 86.4 cm³/mol. The molecule has 2 rings (SSSR count). The van der Waals surface area contributed by atoms with E-state index in [-0.39, 0.29) is 6.04 Å². The van der Waals surface area contributed by atoms with E-state index in [0.29, 0.717) is 17.2 Å². The minimum atomic E-state index is -0.213. The van der Waals surface area contributed by atoms with Crippen LogP contribution >= 0.6 is 11.6 Å². The summed E-state index contributed by atoms with van der Waals surface area (Å²) in [6, 6.07) is 14.8. The summed E-state index contributed by atoms with van der Waals surface area (Å²) in [6.45, 7) is 1.88. The van der Waals surface area contributed by atoms with Crippen LogP contribution in [0.1, 0.15) is 18.1 Å². The Morgan fingerprint density at radius 1 is 1.19 bits per heavy atom. The van der Waals surface area contributed by atoms with Gasteiger partial charge in [-0.25, -0.2) is 4.74 Å². The fourth-order valence-corrected chi connectivity index (χ4v) is 2.32. The Morgan fingerprint density at radius 2 is 1.86 bits per heavy atom. The number of hydrogen-bond donors (Lipinski definition) is 0. The molecular weight excluding hydrogens is 286 g/mol. The van der Waals surface area contributed by atoms with E-state index in [9.17, 15) is 5.21 Å². The normalized spacial score (nSPS) is 13.0. The average molecular weight is 304 g/mol. The molecule has 110 valence electrons. The highest BCUT2D eigenvalue weighted by molar-refractivity contribution is 6.31. The fourth-order valence-electron chi connectivity index (χ4n) is 2.11. The predicted octanol–water partition coefficient (Wildman–Crippen LogP) is 3.91. The second-order valence-electron chi connectivity index (χ2n) is 4.88. The molecule has 0 aromatic heterocycles. The lowest BCUT2D eigenvalue weighted by Crippen LogP contribution is -2.22. The maximum Gasteiger partial charge on any atom is 0.185 e. The third-order valence-corrected chi connectivity index (χ3v) is 3.68. The van der Waals surface area contributed by atoms with Crippen molar-refractivity contribution < 1.29 is 9.48 Å². The summed E-state index contributed by atoms with van der Waals surface area (Å²) in [7, 11) is 1.59. The molecule has 4 heteroatoms. The largest absolute Gasteiger partial charge is 0.624 e. The summed E-state index contributed by atoms with van der Waals surface area (Å²) in [6.07, 6.45) is 2.15. The number of rotatable bonds is 5. The monoisotopic (exact) mass is 303 g/mol. The molecule has 0 radical (unpaired) electrons. The number of methoxy groups -OCH3 is 1. The molecule has 1 unspecified atom stereocenters. The van der Waals surface area contributed by atoms with E-state index in [1.807, 2.05) is 55.5 Å². The summed E-state index contributed by atoms with van der Waals surface area (Å²) in [5.41, 5.74) is 1.74. The zero-order valence-corrected chi connectivity index (χ0v) is 12.9. The molecule has 21 heavy (non-hydrogen) atoms. The smallest absolute Gasteiger partial charge is 0.185 e. The molecule has 0 aliphatic carbocycles. The number of para-hydroxylation sites is 1. The first-order valence-corrected chi connectivity index (χ1v) is 7.16. The maximum absolute atomic E-state index is 12.3. The Balaban J connectivity index is 2.17. The van der Waals surface area contributed by atoms with Gasteiger partial charge >= 0.3 is 0 Å². The Labute approximate surface area is 130 Å². The van der Waals surface area contributed by atoms with Gasteiger partial charge in [0.25, 0.3) is 0 Å². The fraction of sp³-hybridized carbons (Fsp3) is 0.235. The van der Waals surface area contributed by atoms with Gasteiger partial charge in [-0.1, -0.05) is 41.9 Å². The van der Waals surface area contributed by atoms with Gasteiger partial charge in [-0.05, 0) is 30.7 Å². The number of hydrogen-bond acceptors (Lipinski definition) is 2. The van der Waals surface area contributed by atoms with Crippen molar-refractivity contribution in [2.75, 3.05) is 7.11 Å². The van der Waals surface area contributed by atoms with Crippen LogP contribution in [0.25, 0.3) is 0 Å². The van der Waals surface area contributed by atoms with Gasteiger partial charge in [-0.15, -0.1) is 0 Å². The van der Waals surface area contributed by atoms with Crippen molar-refractivity contribution in [3.63, 3.8) is 0 Å². The molecule has 2 aromatic rings. The van der Waals surface area contributed by atoms with Crippen LogP contribution in [0.5, 0.6) is 5.75 Å². The molecule has 0 spiro atoms. The molecule has 0 saturated heterocycles. The molecule has 0 amide bonds. The van der Waals surface area contributed by atoms with Gasteiger partial charge in [0.15, 0.2) is 12.3 Å². The van der Waals surface area contributed by atoms with Crippen LogP contribution < -0.4 is 4.74 Å². The van der Waals surface area contributed by atoms with Crippen molar-refractivity contribution in [2.45, 2.75) is 19.4 Å². The van der Waals surface area contributed by atoms with Gasteiger partial charge in [0, 0.05) is 11.4 Å². The summed E-state index contributed by atoms with van der Waals surface area (Å²) in [5.74, 6) is 0.684. The van der Waals surface area contributed by atoms with Crippen LogP contribution in [0.3, 0.4) is 0 Å². The Morgan fingerprint density at radius 3 is 2.57 bits per heavy atom. The lowest BCUT2D eigenvalue weighted by molar-refractivity contribution is -0.491. The molecule has 0 saturated carbocycles. The molecule has 0 aliphatic rings. The number of nitrogens with zero attached hydrogens (tertiary/aromatic N) is 1. The standard InChI is InChI=1S/C17H18ClNO2/c1-13(11-14-7-3-5-9-16(14)18)19(20)12-15-8-4-6-10-17(15)21-2/h3-10,12-13H,11H2,1-2H3/b19-12+. The van der Waals surface area contributed by atoms with E-state index in [4.69, 9.17) is 16.3 Å². The maximum atomic E-state index is 12.3. The van der Waals surface area contributed by atoms with Crippen LogP contribution in [-0.4, -0.2) is 24.1 Å². The number of ether oxygens (including phenoxy) is 1. The van der Waals surface area contributed by atoms with E-state index in [0.717, 1.165) is 15.9 Å². The van der Waals surface area contributed by atoms with Crippen molar-refractivity contribution in [3.8, 4) is 5.75 Å². The Hall–Kier alpha value is -2.00. The highest BCUT2D eigenvalue weighted by atomic mass is 35.5. The van der Waals surface area contributed by atoms with Gasteiger partial charge in [0.2, 0.25) is 0 Å². The van der Waals surface area contributed by atoms with Gasteiger partial charge in [-0.2, -0.15) is 0 Å². The first-order valence-electron chi connectivity index (χ1n) is 6.78. The molecule has 3 nitrogen and oxygen atoms in total. The van der Waals surface area contributed by atoms with Gasteiger partial charge < -0.3 is 9.94 Å². The van der Waals surface area contributed by atoms with E-state index in [1.165, 1.54) is 0 Å². The van der Waals surface area contributed by atoms with Gasteiger partial charge in [0.05, 0.1) is 12.7 Å². The zero-order chi connectivity index (χ0) is 15.2. The zero-order valence-electron chi connectivity index (χ0n) is 12.1. The third-order valence-electron chi connectivity index (χ3n) is 3.31. The first kappa shape index (κ1) is 15.4. The lowest BCUT2D eigenvalue weighted by Gasteiger charge is -2.14. The van der Waals surface area contributed by atoms with E-state index in [2.05, 4.69) is 0 Å². The average Bonchev–Trinajstić information content (AvgIpc) is 2.50. The van der Waals surface area contributed by atoms with Gasteiger partial charge in [-0.3, -0.25) is 0 Å². The second kappa shape index (κ2) is 7.14. The first-order chi connectivity index (χ1) is 10.1. The Bertz CT molecular complexity index is 640. The van der Waals surface area contributed by atoms with E-state index in [1.54, 1.807) is 13.3 Å². The quantitative estimate of drug-likeness (QED) is 0.363. The minimum Gasteiger partial charge on any atom is -0.624 e. The van der Waals surface area contributed by atoms with Crippen LogP contribution in [0.4, 0.5) is 0 Å².